The Bertz CT molecular complexity index is 1040. The number of hydroxylamine groups is 2. The molecule has 1 heterocycles. The summed E-state index contributed by atoms with van der Waals surface area (Å²) in [4.78, 5) is 39.0. The molecule has 1 aliphatic heterocycles. The van der Waals surface area contributed by atoms with Gasteiger partial charge in [0.05, 0.1) is 17.2 Å². The van der Waals surface area contributed by atoms with Crippen LogP contribution in [0.1, 0.15) is 18.1 Å². The molecule has 0 saturated heterocycles. The number of aliphatic carboxylic acids is 1. The average molecular weight is 445 g/mol. The van der Waals surface area contributed by atoms with Crippen molar-refractivity contribution in [2.45, 2.75) is 18.7 Å². The van der Waals surface area contributed by atoms with Gasteiger partial charge in [-0.1, -0.05) is 0 Å². The van der Waals surface area contributed by atoms with Crippen LogP contribution in [0.15, 0.2) is 35.3 Å². The number of nitrogens with one attached hydrogen (secondary N) is 1. The van der Waals surface area contributed by atoms with E-state index in [-0.39, 0.29) is 0 Å². The summed E-state index contributed by atoms with van der Waals surface area (Å²) in [6, 6.07) is 3.61. The summed E-state index contributed by atoms with van der Waals surface area (Å²) in [5.74, 6) is -6.32. The van der Waals surface area contributed by atoms with Crippen LogP contribution in [0.3, 0.4) is 0 Å². The van der Waals surface area contributed by atoms with Crippen molar-refractivity contribution in [1.82, 2.24) is 0 Å². The van der Waals surface area contributed by atoms with Crippen LogP contribution < -0.4 is 5.32 Å². The quantitative estimate of drug-likeness (QED) is 0.353. The Hall–Kier alpha value is -3.83. The molecule has 0 saturated carbocycles. The maximum Gasteiger partial charge on any atom is 0.477 e. The predicted octanol–water partition coefficient (Wildman–Crippen LogP) is 1.44. The molecule has 164 valence electrons. The van der Waals surface area contributed by atoms with E-state index in [1.54, 1.807) is 0 Å². The number of halogens is 4. The van der Waals surface area contributed by atoms with Crippen LogP contribution >= 0.6 is 0 Å². The van der Waals surface area contributed by atoms with Crippen molar-refractivity contribution in [2.24, 2.45) is 5.10 Å². The van der Waals surface area contributed by atoms with E-state index in [1.807, 2.05) is 5.32 Å². The van der Waals surface area contributed by atoms with Gasteiger partial charge in [-0.05, 0) is 30.2 Å². The number of rotatable bonds is 5. The molecule has 1 amide bonds. The number of carboxylic acids is 1. The summed E-state index contributed by atoms with van der Waals surface area (Å²) < 4.78 is 51.1. The van der Waals surface area contributed by atoms with E-state index in [0.717, 1.165) is 19.1 Å². The number of carboxylic acid groups (broad SMARTS) is 1. The highest BCUT2D eigenvalue weighted by atomic mass is 19.4. The van der Waals surface area contributed by atoms with Crippen LogP contribution in [0.5, 0.6) is 0 Å². The van der Waals surface area contributed by atoms with E-state index in [9.17, 15) is 37.1 Å². The summed E-state index contributed by atoms with van der Waals surface area (Å²) in [6.45, 7) is -0.172. The molecule has 0 aliphatic carbocycles. The normalized spacial score (nSPS) is 19.7. The molecule has 0 radical (unpaired) electrons. The molecule has 0 fully saturated rings. The number of alkyl halides is 3. The van der Waals surface area contributed by atoms with Crippen molar-refractivity contribution < 1.29 is 51.8 Å². The fourth-order valence-corrected chi connectivity index (χ4v) is 2.50. The first kappa shape index (κ1) is 23.4. The standard InChI is InChI=1S/C17H12F4N4O6/c1-16(30,8-25(7-10(18)6-23-25)31-14(28)13(26)27)15(29)24-11-3-2-9(5-22)12(4-11)17(19,20)21/h2-4,6-7,30H,8H2,1H3,(H-,24,26,27,29)/p+1. The number of anilines is 1. The molecule has 3 N–H and O–H groups in total. The van der Waals surface area contributed by atoms with E-state index in [2.05, 4.69) is 9.94 Å². The maximum atomic E-state index is 13.5. The summed E-state index contributed by atoms with van der Waals surface area (Å²) in [7, 11) is 0. The molecular formula is C17H13F4N4O6+. The van der Waals surface area contributed by atoms with Crippen molar-refractivity contribution in [2.75, 3.05) is 11.9 Å². The second-order valence-electron chi connectivity index (χ2n) is 6.45. The number of quaternary nitrogens is 1. The van der Waals surface area contributed by atoms with Crippen molar-refractivity contribution in [3.05, 3.63) is 41.4 Å². The van der Waals surface area contributed by atoms with Crippen molar-refractivity contribution in [3.63, 3.8) is 0 Å². The number of hydrogen-bond donors (Lipinski definition) is 3. The highest BCUT2D eigenvalue weighted by Crippen LogP contribution is 2.34. The van der Waals surface area contributed by atoms with E-state index >= 15 is 0 Å². The minimum absolute atomic E-state index is 0.433. The van der Waals surface area contributed by atoms with E-state index < -0.39 is 63.6 Å². The number of carbonyl (C=O) groups is 3. The Labute approximate surface area is 170 Å². The number of carbonyl (C=O) groups excluding carboxylic acids is 2. The van der Waals surface area contributed by atoms with Crippen molar-refractivity contribution >= 4 is 29.7 Å². The maximum absolute atomic E-state index is 13.5. The molecule has 2 rings (SSSR count). The Balaban J connectivity index is 2.28. The first-order valence-electron chi connectivity index (χ1n) is 8.13. The van der Waals surface area contributed by atoms with E-state index in [0.29, 0.717) is 18.5 Å². The monoisotopic (exact) mass is 445 g/mol. The molecule has 2 atom stereocenters. The smallest absolute Gasteiger partial charge is 0.473 e. The molecule has 1 aromatic rings. The molecule has 31 heavy (non-hydrogen) atoms. The first-order chi connectivity index (χ1) is 14.2. The third-order valence-electron chi connectivity index (χ3n) is 3.84. The lowest BCUT2D eigenvalue weighted by Crippen LogP contribution is -2.55. The van der Waals surface area contributed by atoms with Crippen LogP contribution in [0, 0.1) is 11.3 Å². The van der Waals surface area contributed by atoms with Gasteiger partial charge in [-0.2, -0.15) is 22.8 Å². The highest BCUT2D eigenvalue weighted by Gasteiger charge is 2.48. The minimum atomic E-state index is -4.90. The van der Waals surface area contributed by atoms with Crippen molar-refractivity contribution in [1.29, 1.82) is 5.26 Å². The van der Waals surface area contributed by atoms with Gasteiger partial charge < -0.3 is 15.5 Å². The Morgan fingerprint density at radius 1 is 1.32 bits per heavy atom. The molecule has 0 aromatic heterocycles. The van der Waals surface area contributed by atoms with Gasteiger partial charge in [0.1, 0.15) is 6.21 Å². The Morgan fingerprint density at radius 2 is 1.97 bits per heavy atom. The zero-order valence-corrected chi connectivity index (χ0v) is 15.5. The van der Waals surface area contributed by atoms with E-state index in [4.69, 9.17) is 10.4 Å². The van der Waals surface area contributed by atoms with Crippen LogP contribution in [0.2, 0.25) is 0 Å². The number of nitriles is 1. The van der Waals surface area contributed by atoms with Crippen LogP contribution in [0.25, 0.3) is 0 Å². The summed E-state index contributed by atoms with van der Waals surface area (Å²) >= 11 is 0. The summed E-state index contributed by atoms with van der Waals surface area (Å²) in [5.41, 5.74) is -5.02. The summed E-state index contributed by atoms with van der Waals surface area (Å²) in [5, 5.41) is 33.3. The third-order valence-corrected chi connectivity index (χ3v) is 3.84. The number of allylic oxidation sites excluding steroid dienone is 1. The lowest BCUT2D eigenvalue weighted by Gasteiger charge is -2.28. The molecule has 1 aromatic carbocycles. The molecule has 1 aliphatic rings. The van der Waals surface area contributed by atoms with Gasteiger partial charge in [0.25, 0.3) is 5.91 Å². The second-order valence-corrected chi connectivity index (χ2v) is 6.45. The number of nitrogens with zero attached hydrogens (tertiary/aromatic N) is 3. The highest BCUT2D eigenvalue weighted by molar-refractivity contribution is 6.28. The molecule has 0 bridgehead atoms. The Morgan fingerprint density at radius 3 is 2.45 bits per heavy atom. The fourth-order valence-electron chi connectivity index (χ4n) is 2.50. The van der Waals surface area contributed by atoms with Crippen LogP contribution in [-0.4, -0.2) is 51.2 Å². The molecule has 0 spiro atoms. The number of hydrogen-bond acceptors (Lipinski definition) is 7. The predicted molar refractivity (Wildman–Crippen MR) is 92.0 cm³/mol. The van der Waals surface area contributed by atoms with Gasteiger partial charge in [0.15, 0.2) is 12.1 Å². The van der Waals surface area contributed by atoms with Gasteiger partial charge in [-0.25, -0.2) is 14.4 Å². The van der Waals surface area contributed by atoms with Gasteiger partial charge in [0, 0.05) is 10.4 Å². The van der Waals surface area contributed by atoms with Gasteiger partial charge >= 0.3 is 18.1 Å². The number of aliphatic hydroxyl groups is 1. The largest absolute Gasteiger partial charge is 0.477 e. The van der Waals surface area contributed by atoms with Crippen LogP contribution in [-0.2, 0) is 25.4 Å². The fraction of sp³-hybridized carbons (Fsp3) is 0.235. The first-order valence-corrected chi connectivity index (χ1v) is 8.13. The summed E-state index contributed by atoms with van der Waals surface area (Å²) in [6.07, 6.45) is -3.87. The molecule has 14 heteroatoms. The average Bonchev–Trinajstić information content (AvgIpc) is 3.00. The lowest BCUT2D eigenvalue weighted by molar-refractivity contribution is -1.06. The van der Waals surface area contributed by atoms with Crippen LogP contribution in [0.4, 0.5) is 23.2 Å². The topological polar surface area (TPSA) is 149 Å². The van der Waals surface area contributed by atoms with E-state index in [1.165, 1.54) is 6.07 Å². The second kappa shape index (κ2) is 8.13. The molecular weight excluding hydrogens is 432 g/mol. The zero-order valence-electron chi connectivity index (χ0n) is 15.5. The van der Waals surface area contributed by atoms with Gasteiger partial charge in [0.2, 0.25) is 12.0 Å². The SMILES string of the molecule is CC(O)(C[N+]1(OC(=O)C(=O)O)C=C(F)C=N1)C(=O)Nc1ccc(C#N)c(C(F)(F)F)c1. The molecule has 2 unspecified atom stereocenters. The van der Waals surface area contributed by atoms with Gasteiger partial charge in [-0.3, -0.25) is 4.79 Å². The lowest BCUT2D eigenvalue weighted by atomic mass is 10.0. The number of amides is 1. The van der Waals surface area contributed by atoms with Gasteiger partial charge in [-0.15, -0.1) is 0 Å². The van der Waals surface area contributed by atoms with Crippen molar-refractivity contribution in [3.8, 4) is 6.07 Å². The third kappa shape index (κ3) is 5.41. The minimum Gasteiger partial charge on any atom is -0.473 e. The number of benzene rings is 1. The molecule has 10 nitrogen and oxygen atoms in total. The Kier molecular flexibility index (Phi) is 6.15. The zero-order chi connectivity index (χ0) is 23.6.